The lowest BCUT2D eigenvalue weighted by Crippen LogP contribution is -2.56. The van der Waals surface area contributed by atoms with Crippen molar-refractivity contribution in [1.82, 2.24) is 4.98 Å². The second-order valence-corrected chi connectivity index (χ2v) is 11.9. The van der Waals surface area contributed by atoms with Gasteiger partial charge in [-0.05, 0) is 56.5 Å². The average molecular weight is 473 g/mol. The molecule has 0 spiro atoms. The van der Waals surface area contributed by atoms with Gasteiger partial charge in [0.2, 0.25) is 5.91 Å². The van der Waals surface area contributed by atoms with Crippen LogP contribution in [0.4, 0.5) is 5.69 Å². The molecule has 1 atom stereocenters. The van der Waals surface area contributed by atoms with E-state index in [4.69, 9.17) is 4.98 Å². The Bertz CT molecular complexity index is 1310. The summed E-state index contributed by atoms with van der Waals surface area (Å²) in [6.07, 6.45) is 0.859. The van der Waals surface area contributed by atoms with E-state index in [0.717, 1.165) is 26.7 Å². The second kappa shape index (κ2) is 8.30. The van der Waals surface area contributed by atoms with Crippen LogP contribution >= 0.6 is 23.1 Å². The SMILES string of the molecule is Cc1cccc(C2(C)CC(C)(C)N(C(=O)CSc3nc4ccccc4s3)c3ccccc32)c1. The minimum atomic E-state index is -0.321. The first-order valence-corrected chi connectivity index (χ1v) is 13.1. The van der Waals surface area contributed by atoms with E-state index in [1.54, 1.807) is 11.3 Å². The molecule has 1 aromatic heterocycles. The van der Waals surface area contributed by atoms with Gasteiger partial charge in [-0.3, -0.25) is 4.79 Å². The molecule has 0 aliphatic carbocycles. The van der Waals surface area contributed by atoms with Crippen molar-refractivity contribution in [3.05, 3.63) is 89.5 Å². The van der Waals surface area contributed by atoms with Gasteiger partial charge >= 0.3 is 0 Å². The van der Waals surface area contributed by atoms with Crippen molar-refractivity contribution in [3.63, 3.8) is 0 Å². The van der Waals surface area contributed by atoms with E-state index in [2.05, 4.69) is 76.2 Å². The van der Waals surface area contributed by atoms with Gasteiger partial charge in [-0.15, -0.1) is 11.3 Å². The van der Waals surface area contributed by atoms with Gasteiger partial charge in [-0.25, -0.2) is 4.98 Å². The van der Waals surface area contributed by atoms with Gasteiger partial charge in [0.15, 0.2) is 4.34 Å². The average Bonchev–Trinajstić information content (AvgIpc) is 3.20. The van der Waals surface area contributed by atoms with E-state index in [-0.39, 0.29) is 16.9 Å². The third kappa shape index (κ3) is 3.98. The van der Waals surface area contributed by atoms with Crippen molar-refractivity contribution in [2.75, 3.05) is 10.7 Å². The molecule has 2 heterocycles. The van der Waals surface area contributed by atoms with Crippen molar-refractivity contribution in [2.24, 2.45) is 0 Å². The predicted molar refractivity (Wildman–Crippen MR) is 141 cm³/mol. The molecule has 168 valence electrons. The maximum Gasteiger partial charge on any atom is 0.237 e. The van der Waals surface area contributed by atoms with Gasteiger partial charge in [-0.2, -0.15) is 0 Å². The van der Waals surface area contributed by atoms with Crippen molar-refractivity contribution >= 4 is 44.9 Å². The number of anilines is 1. The Morgan fingerprint density at radius 2 is 1.79 bits per heavy atom. The van der Waals surface area contributed by atoms with Crippen LogP contribution in [0, 0.1) is 6.92 Å². The van der Waals surface area contributed by atoms with Gasteiger partial charge in [0.1, 0.15) is 0 Å². The van der Waals surface area contributed by atoms with Crippen LogP contribution in [0.25, 0.3) is 10.2 Å². The quantitative estimate of drug-likeness (QED) is 0.294. The van der Waals surface area contributed by atoms with Crippen molar-refractivity contribution in [2.45, 2.75) is 49.4 Å². The number of hydrogen-bond donors (Lipinski definition) is 0. The number of para-hydroxylation sites is 2. The molecule has 3 nitrogen and oxygen atoms in total. The number of fused-ring (bicyclic) bond motifs is 2. The number of nitrogens with zero attached hydrogens (tertiary/aromatic N) is 2. The molecule has 0 bridgehead atoms. The summed E-state index contributed by atoms with van der Waals surface area (Å²) >= 11 is 3.19. The van der Waals surface area contributed by atoms with Crippen LogP contribution in [0.5, 0.6) is 0 Å². The minimum absolute atomic E-state index is 0.128. The van der Waals surface area contributed by atoms with Crippen LogP contribution in [0.15, 0.2) is 77.1 Å². The fraction of sp³-hybridized carbons (Fsp3) is 0.286. The number of benzene rings is 3. The Balaban J connectivity index is 1.48. The Morgan fingerprint density at radius 3 is 2.58 bits per heavy atom. The number of carbonyl (C=O) groups excluding carboxylic acids is 1. The molecule has 3 aromatic carbocycles. The standard InChI is InChI=1S/C28H28N2OS2/c1-19-10-9-11-20(16-19)28(4)18-27(2,3)30(23-14-7-5-12-21(23)28)25(31)17-32-26-29-22-13-6-8-15-24(22)33-26/h5-16H,17-18H2,1-4H3. The molecule has 5 heteroatoms. The summed E-state index contributed by atoms with van der Waals surface area (Å²) in [5.41, 5.74) is 5.31. The highest BCUT2D eigenvalue weighted by molar-refractivity contribution is 8.01. The molecule has 0 saturated carbocycles. The van der Waals surface area contributed by atoms with E-state index in [0.29, 0.717) is 5.75 Å². The monoisotopic (exact) mass is 472 g/mol. The van der Waals surface area contributed by atoms with Crippen LogP contribution in [0.2, 0.25) is 0 Å². The molecule has 33 heavy (non-hydrogen) atoms. The summed E-state index contributed by atoms with van der Waals surface area (Å²) in [7, 11) is 0. The molecule has 1 amide bonds. The molecule has 1 unspecified atom stereocenters. The van der Waals surface area contributed by atoms with Gasteiger partial charge in [-0.1, -0.05) is 78.8 Å². The zero-order valence-corrected chi connectivity index (χ0v) is 21.1. The normalized spacial score (nSPS) is 19.5. The maximum atomic E-state index is 13.6. The van der Waals surface area contributed by atoms with E-state index < -0.39 is 0 Å². The number of hydrogen-bond acceptors (Lipinski definition) is 4. The molecule has 0 saturated heterocycles. The summed E-state index contributed by atoms with van der Waals surface area (Å²) < 4.78 is 2.10. The van der Waals surface area contributed by atoms with E-state index in [9.17, 15) is 4.79 Å². The summed E-state index contributed by atoms with van der Waals surface area (Å²) in [6, 6.07) is 25.3. The van der Waals surface area contributed by atoms with Crippen LogP contribution in [-0.4, -0.2) is 22.2 Å². The Kier molecular flexibility index (Phi) is 5.58. The maximum absolute atomic E-state index is 13.6. The summed E-state index contributed by atoms with van der Waals surface area (Å²) in [4.78, 5) is 20.4. The van der Waals surface area contributed by atoms with Crippen molar-refractivity contribution < 1.29 is 4.79 Å². The molecule has 0 fully saturated rings. The van der Waals surface area contributed by atoms with Crippen LogP contribution < -0.4 is 4.90 Å². The summed E-state index contributed by atoms with van der Waals surface area (Å²) in [5, 5.41) is 0. The lowest BCUT2D eigenvalue weighted by molar-refractivity contribution is -0.117. The summed E-state index contributed by atoms with van der Waals surface area (Å²) in [6.45, 7) is 8.84. The number of thiazole rings is 1. The van der Waals surface area contributed by atoms with Crippen LogP contribution in [0.1, 0.15) is 43.9 Å². The highest BCUT2D eigenvalue weighted by atomic mass is 32.2. The molecular weight excluding hydrogens is 444 g/mol. The fourth-order valence-corrected chi connectivity index (χ4v) is 7.24. The lowest BCUT2D eigenvalue weighted by Gasteiger charge is -2.51. The molecule has 0 N–H and O–H groups in total. The number of carbonyl (C=O) groups is 1. The van der Waals surface area contributed by atoms with Gasteiger partial charge in [0.05, 0.1) is 16.0 Å². The zero-order chi connectivity index (χ0) is 23.2. The first-order valence-electron chi connectivity index (χ1n) is 11.3. The lowest BCUT2D eigenvalue weighted by atomic mass is 9.65. The molecule has 5 rings (SSSR count). The number of rotatable bonds is 4. The first kappa shape index (κ1) is 22.2. The number of thioether (sulfide) groups is 1. The Labute approximate surface area is 203 Å². The summed E-state index contributed by atoms with van der Waals surface area (Å²) in [5.74, 6) is 0.502. The largest absolute Gasteiger partial charge is 0.306 e. The topological polar surface area (TPSA) is 33.2 Å². The highest BCUT2D eigenvalue weighted by Gasteiger charge is 2.47. The van der Waals surface area contributed by atoms with E-state index in [1.165, 1.54) is 28.5 Å². The molecule has 1 aliphatic rings. The molecule has 1 aliphatic heterocycles. The Morgan fingerprint density at radius 1 is 1.03 bits per heavy atom. The van der Waals surface area contributed by atoms with Gasteiger partial charge in [0, 0.05) is 16.6 Å². The highest BCUT2D eigenvalue weighted by Crippen LogP contribution is 2.50. The molecule has 4 aromatic rings. The van der Waals surface area contributed by atoms with E-state index >= 15 is 0 Å². The smallest absolute Gasteiger partial charge is 0.237 e. The van der Waals surface area contributed by atoms with Crippen LogP contribution in [0.3, 0.4) is 0 Å². The minimum Gasteiger partial charge on any atom is -0.306 e. The second-order valence-electron chi connectivity index (χ2n) is 9.67. The van der Waals surface area contributed by atoms with Crippen LogP contribution in [-0.2, 0) is 10.2 Å². The number of aromatic nitrogens is 1. The first-order chi connectivity index (χ1) is 15.8. The van der Waals surface area contributed by atoms with Crippen molar-refractivity contribution in [3.8, 4) is 0 Å². The predicted octanol–water partition coefficient (Wildman–Crippen LogP) is 7.22. The number of aryl methyl sites for hydroxylation is 1. The number of amides is 1. The third-order valence-electron chi connectivity index (χ3n) is 6.63. The van der Waals surface area contributed by atoms with Crippen molar-refractivity contribution in [1.29, 1.82) is 0 Å². The zero-order valence-electron chi connectivity index (χ0n) is 19.5. The van der Waals surface area contributed by atoms with Gasteiger partial charge < -0.3 is 4.90 Å². The Hall–Kier alpha value is -2.63. The van der Waals surface area contributed by atoms with E-state index in [1.807, 2.05) is 29.2 Å². The van der Waals surface area contributed by atoms with Gasteiger partial charge in [0.25, 0.3) is 0 Å². The fourth-order valence-electron chi connectivity index (χ4n) is 5.32. The third-order valence-corrected chi connectivity index (χ3v) is 8.79. The molecular formula is C28H28N2OS2. The molecule has 0 radical (unpaired) electrons.